The first-order valence-electron chi connectivity index (χ1n) is 5.10. The van der Waals surface area contributed by atoms with Gasteiger partial charge in [-0.3, -0.25) is 0 Å². The van der Waals surface area contributed by atoms with Gasteiger partial charge in [0.2, 0.25) is 0 Å². The van der Waals surface area contributed by atoms with Crippen LogP contribution in [-0.2, 0) is 0 Å². The first-order valence-corrected chi connectivity index (χ1v) is 6.95. The molecular formula is C13H15NSe. The van der Waals surface area contributed by atoms with Crippen LogP contribution in [0.1, 0.15) is 17.8 Å². The van der Waals surface area contributed by atoms with Crippen LogP contribution in [0.2, 0.25) is 0 Å². The molecule has 1 aliphatic carbocycles. The molecule has 1 heterocycles. The van der Waals surface area contributed by atoms with Crippen LogP contribution in [0.5, 0.6) is 0 Å². The van der Waals surface area contributed by atoms with E-state index in [4.69, 9.17) is 5.73 Å². The summed E-state index contributed by atoms with van der Waals surface area (Å²) in [5.41, 5.74) is 9.76. The Labute approximate surface area is 96.7 Å². The minimum atomic E-state index is 0.548. The van der Waals surface area contributed by atoms with Crippen molar-refractivity contribution in [2.24, 2.45) is 5.73 Å². The van der Waals surface area contributed by atoms with Crippen molar-refractivity contribution in [2.45, 2.75) is 13.3 Å². The molecule has 0 saturated carbocycles. The topological polar surface area (TPSA) is 26.0 Å². The van der Waals surface area contributed by atoms with E-state index in [9.17, 15) is 0 Å². The standard InChI is InChI=1S/C13H15NSe/c1-10-7-11(4-5-12(10)9-14)8-13-3-2-6-15-13/h2-6,8H,7,9,14H2,1H3. The maximum absolute atomic E-state index is 5.66. The summed E-state index contributed by atoms with van der Waals surface area (Å²) in [4.78, 5) is 2.25. The summed E-state index contributed by atoms with van der Waals surface area (Å²) in [6.45, 7) is 2.83. The molecule has 0 unspecified atom stereocenters. The van der Waals surface area contributed by atoms with Gasteiger partial charge in [-0.05, 0) is 0 Å². The second kappa shape index (κ2) is 4.80. The number of hydrogen-bond donors (Lipinski definition) is 1. The molecule has 2 N–H and O–H groups in total. The summed E-state index contributed by atoms with van der Waals surface area (Å²) in [6.07, 6.45) is 7.72. The van der Waals surface area contributed by atoms with E-state index in [2.05, 4.69) is 42.2 Å². The fraction of sp³-hybridized carbons (Fsp3) is 0.231. The summed E-state index contributed by atoms with van der Waals surface area (Å²) < 4.78 is 1.46. The Kier molecular flexibility index (Phi) is 3.42. The van der Waals surface area contributed by atoms with E-state index < -0.39 is 0 Å². The Hall–Kier alpha value is -0.821. The predicted molar refractivity (Wildman–Crippen MR) is 66.9 cm³/mol. The molecular weight excluding hydrogens is 249 g/mol. The quantitative estimate of drug-likeness (QED) is 0.815. The number of hydrogen-bond acceptors (Lipinski definition) is 1. The van der Waals surface area contributed by atoms with Crippen LogP contribution in [0.25, 0.3) is 6.08 Å². The molecule has 2 heteroatoms. The van der Waals surface area contributed by atoms with Crippen molar-refractivity contribution in [3.8, 4) is 0 Å². The average Bonchev–Trinajstić information content (AvgIpc) is 2.71. The molecule has 1 aliphatic rings. The molecule has 0 amide bonds. The van der Waals surface area contributed by atoms with Crippen molar-refractivity contribution in [1.82, 2.24) is 0 Å². The van der Waals surface area contributed by atoms with Gasteiger partial charge in [-0.2, -0.15) is 0 Å². The van der Waals surface area contributed by atoms with Gasteiger partial charge in [-0.15, -0.1) is 0 Å². The van der Waals surface area contributed by atoms with Crippen molar-refractivity contribution in [2.75, 3.05) is 6.54 Å². The molecule has 15 heavy (non-hydrogen) atoms. The molecule has 1 aromatic rings. The van der Waals surface area contributed by atoms with Crippen LogP contribution in [0.3, 0.4) is 0 Å². The SMILES string of the molecule is CC1=C(CN)C=CC(=Cc2ccc[se]2)C1. The van der Waals surface area contributed by atoms with Crippen LogP contribution >= 0.6 is 0 Å². The van der Waals surface area contributed by atoms with E-state index in [0.717, 1.165) is 6.42 Å². The molecule has 78 valence electrons. The molecule has 2 rings (SSSR count). The number of nitrogens with two attached hydrogens (primary N) is 1. The molecule has 1 aromatic heterocycles. The van der Waals surface area contributed by atoms with Gasteiger partial charge in [0.15, 0.2) is 0 Å². The Morgan fingerprint density at radius 3 is 2.93 bits per heavy atom. The predicted octanol–water partition coefficient (Wildman–Crippen LogP) is 2.36. The van der Waals surface area contributed by atoms with Crippen molar-refractivity contribution >= 4 is 20.6 Å². The zero-order valence-electron chi connectivity index (χ0n) is 8.86. The Bertz CT molecular complexity index is 421. The van der Waals surface area contributed by atoms with Crippen molar-refractivity contribution in [3.63, 3.8) is 0 Å². The Morgan fingerprint density at radius 2 is 2.33 bits per heavy atom. The third-order valence-corrected chi connectivity index (χ3v) is 4.33. The Morgan fingerprint density at radius 1 is 1.47 bits per heavy atom. The Balaban J connectivity index is 2.18. The summed E-state index contributed by atoms with van der Waals surface area (Å²) in [6, 6.07) is 4.35. The molecule has 0 atom stereocenters. The maximum atomic E-state index is 5.66. The van der Waals surface area contributed by atoms with E-state index >= 15 is 0 Å². The van der Waals surface area contributed by atoms with Gasteiger partial charge in [0.25, 0.3) is 0 Å². The van der Waals surface area contributed by atoms with E-state index in [1.165, 1.54) is 21.2 Å². The van der Waals surface area contributed by atoms with Gasteiger partial charge in [-0.1, -0.05) is 0 Å². The first kappa shape index (κ1) is 10.7. The second-order valence-electron chi connectivity index (χ2n) is 3.75. The van der Waals surface area contributed by atoms with Crippen LogP contribution in [0.15, 0.2) is 45.9 Å². The number of rotatable bonds is 2. The number of allylic oxidation sites excluding steroid dienone is 3. The average molecular weight is 264 g/mol. The van der Waals surface area contributed by atoms with E-state index in [0.29, 0.717) is 21.0 Å². The third-order valence-electron chi connectivity index (χ3n) is 2.61. The normalized spacial score (nSPS) is 18.9. The zero-order chi connectivity index (χ0) is 10.7. The van der Waals surface area contributed by atoms with Crippen molar-refractivity contribution in [3.05, 3.63) is 50.4 Å². The third kappa shape index (κ3) is 2.60. The van der Waals surface area contributed by atoms with Gasteiger partial charge in [0.1, 0.15) is 0 Å². The first-order chi connectivity index (χ1) is 7.29. The second-order valence-corrected chi connectivity index (χ2v) is 5.81. The van der Waals surface area contributed by atoms with E-state index in [-0.39, 0.29) is 0 Å². The summed E-state index contributed by atoms with van der Waals surface area (Å²) >= 11 is 0.548. The minimum absolute atomic E-state index is 0.548. The molecule has 0 saturated heterocycles. The fourth-order valence-electron chi connectivity index (χ4n) is 1.73. The molecule has 0 radical (unpaired) electrons. The van der Waals surface area contributed by atoms with Crippen LogP contribution < -0.4 is 5.73 Å². The van der Waals surface area contributed by atoms with E-state index in [1.807, 2.05) is 0 Å². The van der Waals surface area contributed by atoms with Crippen LogP contribution in [0, 0.1) is 0 Å². The molecule has 0 spiro atoms. The van der Waals surface area contributed by atoms with Gasteiger partial charge >= 0.3 is 96.6 Å². The molecule has 0 aliphatic heterocycles. The monoisotopic (exact) mass is 265 g/mol. The summed E-state index contributed by atoms with van der Waals surface area (Å²) in [5, 5.41) is 0. The van der Waals surface area contributed by atoms with Crippen LogP contribution in [-0.4, -0.2) is 21.0 Å². The molecule has 0 aromatic carbocycles. The van der Waals surface area contributed by atoms with Gasteiger partial charge in [0.05, 0.1) is 0 Å². The summed E-state index contributed by atoms with van der Waals surface area (Å²) in [5.74, 6) is 0. The summed E-state index contributed by atoms with van der Waals surface area (Å²) in [7, 11) is 0. The molecule has 1 nitrogen and oxygen atoms in total. The van der Waals surface area contributed by atoms with Gasteiger partial charge in [0, 0.05) is 0 Å². The molecule has 0 bridgehead atoms. The van der Waals surface area contributed by atoms with Gasteiger partial charge < -0.3 is 0 Å². The fourth-order valence-corrected chi connectivity index (χ4v) is 3.18. The van der Waals surface area contributed by atoms with Crippen molar-refractivity contribution in [1.29, 1.82) is 0 Å². The van der Waals surface area contributed by atoms with E-state index in [1.54, 1.807) is 0 Å². The zero-order valence-corrected chi connectivity index (χ0v) is 10.6. The molecule has 0 fully saturated rings. The van der Waals surface area contributed by atoms with Gasteiger partial charge in [-0.25, -0.2) is 0 Å². The van der Waals surface area contributed by atoms with Crippen molar-refractivity contribution < 1.29 is 0 Å². The van der Waals surface area contributed by atoms with Crippen LogP contribution in [0.4, 0.5) is 0 Å².